The number of aliphatic hydroxyl groups excluding tert-OH is 1. The van der Waals surface area contributed by atoms with Crippen molar-refractivity contribution in [1.82, 2.24) is 5.06 Å². The lowest BCUT2D eigenvalue weighted by Crippen LogP contribution is -2.29. The van der Waals surface area contributed by atoms with Crippen LogP contribution >= 0.6 is 0 Å². The normalized spacial score (nSPS) is 16.9. The molecule has 0 aliphatic heterocycles. The SMILES string of the molecule is C.CC.CO.CON(C)CC1Cc2ccccc2C1Oc1ccccc1C. The van der Waals surface area contributed by atoms with Gasteiger partial charge in [0.25, 0.3) is 0 Å². The highest BCUT2D eigenvalue weighted by atomic mass is 16.7. The Labute approximate surface area is 165 Å². The lowest BCUT2D eigenvalue weighted by atomic mass is 10.0. The summed E-state index contributed by atoms with van der Waals surface area (Å²) in [5.74, 6) is 1.36. The van der Waals surface area contributed by atoms with Gasteiger partial charge in [-0.05, 0) is 36.1 Å². The average Bonchev–Trinajstić information content (AvgIpc) is 3.04. The van der Waals surface area contributed by atoms with Gasteiger partial charge in [0.15, 0.2) is 0 Å². The number of hydrogen-bond acceptors (Lipinski definition) is 4. The number of hydrogen-bond donors (Lipinski definition) is 1. The zero-order valence-corrected chi connectivity index (χ0v) is 16.9. The third-order valence-electron chi connectivity index (χ3n) is 4.42. The van der Waals surface area contributed by atoms with Crippen molar-refractivity contribution in [2.24, 2.45) is 5.92 Å². The van der Waals surface area contributed by atoms with E-state index in [1.54, 1.807) is 7.11 Å². The maximum absolute atomic E-state index is 7.00. The van der Waals surface area contributed by atoms with Gasteiger partial charge in [-0.3, -0.25) is 0 Å². The molecule has 0 saturated heterocycles. The summed E-state index contributed by atoms with van der Waals surface area (Å²) in [4.78, 5) is 5.31. The highest BCUT2D eigenvalue weighted by molar-refractivity contribution is 5.38. The molecule has 27 heavy (non-hydrogen) atoms. The zero-order chi connectivity index (χ0) is 19.5. The maximum Gasteiger partial charge on any atom is 0.128 e. The van der Waals surface area contributed by atoms with Gasteiger partial charge < -0.3 is 14.7 Å². The van der Waals surface area contributed by atoms with Crippen molar-refractivity contribution in [3.05, 3.63) is 65.2 Å². The second-order valence-corrected chi connectivity index (χ2v) is 5.96. The Bertz CT molecular complexity index is 645. The van der Waals surface area contributed by atoms with E-state index in [9.17, 15) is 0 Å². The van der Waals surface area contributed by atoms with Crippen LogP contribution in [-0.2, 0) is 11.3 Å². The third-order valence-corrected chi connectivity index (χ3v) is 4.42. The number of aliphatic hydroxyl groups is 1. The average molecular weight is 376 g/mol. The molecule has 0 saturated carbocycles. The predicted molar refractivity (Wildman–Crippen MR) is 114 cm³/mol. The van der Waals surface area contributed by atoms with Crippen molar-refractivity contribution in [3.63, 3.8) is 0 Å². The van der Waals surface area contributed by atoms with Gasteiger partial charge in [-0.2, -0.15) is 5.06 Å². The van der Waals surface area contributed by atoms with Gasteiger partial charge in [0.1, 0.15) is 11.9 Å². The van der Waals surface area contributed by atoms with Crippen LogP contribution in [0.5, 0.6) is 5.75 Å². The van der Waals surface area contributed by atoms with Crippen LogP contribution in [-0.4, -0.2) is 38.0 Å². The van der Waals surface area contributed by atoms with Gasteiger partial charge in [-0.25, -0.2) is 0 Å². The Hall–Kier alpha value is -1.88. The van der Waals surface area contributed by atoms with E-state index in [0.29, 0.717) is 5.92 Å². The highest BCUT2D eigenvalue weighted by Gasteiger charge is 2.35. The number of ether oxygens (including phenoxy) is 1. The molecular weight excluding hydrogens is 338 g/mol. The Morgan fingerprint density at radius 1 is 1.04 bits per heavy atom. The van der Waals surface area contributed by atoms with Crippen LogP contribution in [0.4, 0.5) is 0 Å². The van der Waals surface area contributed by atoms with Gasteiger partial charge in [-0.15, -0.1) is 0 Å². The fourth-order valence-electron chi connectivity index (χ4n) is 3.19. The Balaban J connectivity index is 0.00000127. The molecule has 3 rings (SSSR count). The number of nitrogens with zero attached hydrogens (tertiary/aromatic N) is 1. The first kappa shape index (κ1) is 25.1. The maximum atomic E-state index is 7.00. The molecule has 4 heteroatoms. The number of hydroxylamine groups is 2. The van der Waals surface area contributed by atoms with Gasteiger partial charge in [0.2, 0.25) is 0 Å². The van der Waals surface area contributed by atoms with E-state index in [1.165, 1.54) is 16.7 Å². The van der Waals surface area contributed by atoms with Crippen molar-refractivity contribution in [2.45, 2.75) is 40.7 Å². The molecule has 0 amide bonds. The molecule has 0 heterocycles. The standard InChI is InChI=1S/C19H23NO2.C2H6.CH4O.CH4/c1-14-8-4-7-11-18(14)22-19-16(13-20(2)21-3)12-15-9-5-6-10-17(15)19;2*1-2;/h4-11,16,19H,12-13H2,1-3H3;1-2H3;2H,1H3;1H4. The minimum atomic E-state index is 0. The molecule has 0 bridgehead atoms. The molecule has 2 atom stereocenters. The Morgan fingerprint density at radius 2 is 1.63 bits per heavy atom. The van der Waals surface area contributed by atoms with Gasteiger partial charge in [-0.1, -0.05) is 63.7 Å². The van der Waals surface area contributed by atoms with E-state index in [2.05, 4.69) is 37.3 Å². The Kier molecular flexibility index (Phi) is 12.4. The van der Waals surface area contributed by atoms with Crippen molar-refractivity contribution >= 4 is 0 Å². The molecule has 0 radical (unpaired) electrons. The van der Waals surface area contributed by atoms with Gasteiger partial charge in [0.05, 0.1) is 7.11 Å². The highest BCUT2D eigenvalue weighted by Crippen LogP contribution is 2.40. The minimum Gasteiger partial charge on any atom is -0.485 e. The second-order valence-electron chi connectivity index (χ2n) is 5.96. The van der Waals surface area contributed by atoms with Crippen molar-refractivity contribution in [3.8, 4) is 5.75 Å². The summed E-state index contributed by atoms with van der Waals surface area (Å²) >= 11 is 0. The molecule has 1 aliphatic rings. The number of para-hydroxylation sites is 1. The van der Waals surface area contributed by atoms with Crippen LogP contribution in [0, 0.1) is 12.8 Å². The molecule has 1 aliphatic carbocycles. The van der Waals surface area contributed by atoms with Crippen LogP contribution in [0.1, 0.15) is 44.1 Å². The number of aryl methyl sites for hydroxylation is 1. The predicted octanol–water partition coefficient (Wildman–Crippen LogP) is 5.05. The lowest BCUT2D eigenvalue weighted by Gasteiger charge is -2.26. The van der Waals surface area contributed by atoms with Crippen LogP contribution < -0.4 is 4.74 Å². The summed E-state index contributed by atoms with van der Waals surface area (Å²) in [5, 5.41) is 8.88. The van der Waals surface area contributed by atoms with E-state index in [0.717, 1.165) is 25.8 Å². The van der Waals surface area contributed by atoms with Crippen LogP contribution in [0.2, 0.25) is 0 Å². The first-order chi connectivity index (χ1) is 12.7. The summed E-state index contributed by atoms with van der Waals surface area (Å²) in [5.41, 5.74) is 3.86. The van der Waals surface area contributed by atoms with E-state index in [1.807, 2.05) is 44.2 Å². The summed E-state index contributed by atoms with van der Waals surface area (Å²) in [6, 6.07) is 16.8. The monoisotopic (exact) mass is 375 g/mol. The number of fused-ring (bicyclic) bond motifs is 1. The van der Waals surface area contributed by atoms with Crippen LogP contribution in [0.3, 0.4) is 0 Å². The molecule has 0 aromatic heterocycles. The summed E-state index contributed by atoms with van der Waals surface area (Å²) < 4.78 is 6.41. The van der Waals surface area contributed by atoms with Crippen molar-refractivity contribution < 1.29 is 14.7 Å². The van der Waals surface area contributed by atoms with E-state index < -0.39 is 0 Å². The van der Waals surface area contributed by atoms with Crippen molar-refractivity contribution in [2.75, 3.05) is 27.8 Å². The quantitative estimate of drug-likeness (QED) is 0.743. The second kappa shape index (κ2) is 13.3. The lowest BCUT2D eigenvalue weighted by molar-refractivity contribution is -0.124. The topological polar surface area (TPSA) is 41.9 Å². The van der Waals surface area contributed by atoms with E-state index in [-0.39, 0.29) is 13.5 Å². The summed E-state index contributed by atoms with van der Waals surface area (Å²) in [6.07, 6.45) is 1.11. The van der Waals surface area contributed by atoms with Crippen LogP contribution in [0.25, 0.3) is 0 Å². The third kappa shape index (κ3) is 6.65. The Morgan fingerprint density at radius 3 is 2.26 bits per heavy atom. The molecule has 4 nitrogen and oxygen atoms in total. The summed E-state index contributed by atoms with van der Waals surface area (Å²) in [7, 11) is 4.67. The zero-order valence-electron chi connectivity index (χ0n) is 16.9. The smallest absolute Gasteiger partial charge is 0.128 e. The van der Waals surface area contributed by atoms with Gasteiger partial charge >= 0.3 is 0 Å². The molecular formula is C23H37NO3. The summed E-state index contributed by atoms with van der Waals surface area (Å²) in [6.45, 7) is 6.94. The van der Waals surface area contributed by atoms with E-state index in [4.69, 9.17) is 14.7 Å². The fourth-order valence-corrected chi connectivity index (χ4v) is 3.19. The van der Waals surface area contributed by atoms with E-state index >= 15 is 0 Å². The molecule has 2 aromatic carbocycles. The van der Waals surface area contributed by atoms with Crippen molar-refractivity contribution in [1.29, 1.82) is 0 Å². The minimum absolute atomic E-state index is 0. The molecule has 2 aromatic rings. The van der Waals surface area contributed by atoms with Gasteiger partial charge in [0, 0.05) is 26.6 Å². The molecule has 1 N–H and O–H groups in total. The molecule has 152 valence electrons. The molecule has 0 spiro atoms. The van der Waals surface area contributed by atoms with Crippen LogP contribution in [0.15, 0.2) is 48.5 Å². The first-order valence-corrected chi connectivity index (χ1v) is 9.19. The first-order valence-electron chi connectivity index (χ1n) is 9.19. The largest absolute Gasteiger partial charge is 0.485 e. The fraction of sp³-hybridized carbons (Fsp3) is 0.478. The number of rotatable bonds is 5. The molecule has 2 unspecified atom stereocenters. The molecule has 0 fully saturated rings. The number of benzene rings is 2.